The lowest BCUT2D eigenvalue weighted by atomic mass is 9.94. The number of nitrogen functional groups attached to an aromatic ring is 1. The summed E-state index contributed by atoms with van der Waals surface area (Å²) in [7, 11) is 0. The molecule has 33 heavy (non-hydrogen) atoms. The van der Waals surface area contributed by atoms with Crippen molar-refractivity contribution in [3.8, 4) is 11.4 Å². The lowest BCUT2D eigenvalue weighted by molar-refractivity contribution is 0.103. The van der Waals surface area contributed by atoms with E-state index < -0.39 is 6.09 Å². The molecule has 1 amide bonds. The Balaban J connectivity index is 0.000000459. The molecule has 0 radical (unpaired) electrons. The summed E-state index contributed by atoms with van der Waals surface area (Å²) >= 11 is 7.87. The molecule has 3 aromatic rings. The van der Waals surface area contributed by atoms with Crippen molar-refractivity contribution in [1.29, 1.82) is 0 Å². The van der Waals surface area contributed by atoms with Gasteiger partial charge < -0.3 is 20.9 Å². The molecule has 8 nitrogen and oxygen atoms in total. The number of benzene rings is 2. The van der Waals surface area contributed by atoms with Gasteiger partial charge >= 0.3 is 6.09 Å². The number of thioether (sulfide) groups is 1. The van der Waals surface area contributed by atoms with Gasteiger partial charge in [0.2, 0.25) is 5.95 Å². The number of carbonyl (C=O) groups is 1. The first-order chi connectivity index (χ1) is 16.0. The minimum Gasteiger partial charge on any atom is -0.465 e. The van der Waals surface area contributed by atoms with Gasteiger partial charge in [0.1, 0.15) is 0 Å². The number of nitrogens with one attached hydrogen (secondary N) is 1. The van der Waals surface area contributed by atoms with E-state index in [1.165, 1.54) is 43.9 Å². The second-order valence-corrected chi connectivity index (χ2v) is 9.34. The molecule has 0 saturated heterocycles. The van der Waals surface area contributed by atoms with Crippen molar-refractivity contribution in [2.75, 3.05) is 18.0 Å². The summed E-state index contributed by atoms with van der Waals surface area (Å²) in [6.07, 6.45) is 6.43. The van der Waals surface area contributed by atoms with Crippen molar-refractivity contribution in [2.45, 2.75) is 50.5 Å². The predicted molar refractivity (Wildman–Crippen MR) is 131 cm³/mol. The van der Waals surface area contributed by atoms with Gasteiger partial charge in [-0.1, -0.05) is 73.7 Å². The lowest BCUT2D eigenvalue weighted by Gasteiger charge is -2.20. The van der Waals surface area contributed by atoms with Crippen LogP contribution in [0, 0.1) is 0 Å². The van der Waals surface area contributed by atoms with Gasteiger partial charge in [0.05, 0.1) is 18.2 Å². The molecule has 1 aliphatic heterocycles. The number of hydrogen-bond acceptors (Lipinski definition) is 7. The minimum absolute atomic E-state index is 0.0820. The Morgan fingerprint density at radius 2 is 1.85 bits per heavy atom. The molecule has 2 heterocycles. The number of carboxylic acid groups (broad SMARTS) is 1. The highest BCUT2D eigenvalue weighted by Gasteiger charge is 2.21. The second kappa shape index (κ2) is 11.0. The molecular formula is C23H26ClN5O3S. The van der Waals surface area contributed by atoms with Gasteiger partial charge in [0, 0.05) is 17.9 Å². The van der Waals surface area contributed by atoms with Crippen LogP contribution in [0.3, 0.4) is 0 Å². The van der Waals surface area contributed by atoms with E-state index in [0.29, 0.717) is 40.5 Å². The standard InChI is InChI=1S/C18H16ClN5O3S.C5H10/c19-12-6-10-8-27-7-9-2-1-3-11(13(9)10)14(12)15-22-16(20)24-17(23-15)28-5-4-21-18(25)26;1-2-4-5-3-1/h1-3,6,21H,4-5,7-8H2,(H,25,26)(H2,20,22,23,24);1-5H2. The Morgan fingerprint density at radius 3 is 2.58 bits per heavy atom. The molecule has 2 aliphatic rings. The van der Waals surface area contributed by atoms with Crippen LogP contribution >= 0.6 is 23.4 Å². The maximum absolute atomic E-state index is 10.5. The van der Waals surface area contributed by atoms with E-state index in [2.05, 4.69) is 20.3 Å². The van der Waals surface area contributed by atoms with E-state index >= 15 is 0 Å². The Labute approximate surface area is 201 Å². The molecule has 10 heteroatoms. The van der Waals surface area contributed by atoms with E-state index in [0.717, 1.165) is 21.9 Å². The van der Waals surface area contributed by atoms with Crippen LogP contribution < -0.4 is 11.1 Å². The van der Waals surface area contributed by atoms with E-state index in [4.69, 9.17) is 27.2 Å². The quantitative estimate of drug-likeness (QED) is 0.328. The van der Waals surface area contributed by atoms with Crippen LogP contribution in [0.4, 0.5) is 10.7 Å². The van der Waals surface area contributed by atoms with E-state index in [9.17, 15) is 4.79 Å². The second-order valence-electron chi connectivity index (χ2n) is 7.87. The Bertz CT molecular complexity index is 1150. The molecule has 174 valence electrons. The van der Waals surface area contributed by atoms with Crippen molar-refractivity contribution in [1.82, 2.24) is 20.3 Å². The topological polar surface area (TPSA) is 123 Å². The summed E-state index contributed by atoms with van der Waals surface area (Å²) in [4.78, 5) is 23.5. The zero-order chi connectivity index (χ0) is 23.2. The predicted octanol–water partition coefficient (Wildman–Crippen LogP) is 5.27. The summed E-state index contributed by atoms with van der Waals surface area (Å²) in [6.45, 7) is 1.32. The van der Waals surface area contributed by atoms with Gasteiger partial charge in [-0.2, -0.15) is 9.97 Å². The molecule has 4 N–H and O–H groups in total. The van der Waals surface area contributed by atoms with Gasteiger partial charge in [-0.3, -0.25) is 0 Å². The zero-order valence-electron chi connectivity index (χ0n) is 18.1. The number of aromatic nitrogens is 3. The van der Waals surface area contributed by atoms with Crippen LogP contribution in [-0.2, 0) is 18.0 Å². The van der Waals surface area contributed by atoms with Crippen LogP contribution in [0.2, 0.25) is 5.02 Å². The third kappa shape index (κ3) is 5.85. The fourth-order valence-electron chi connectivity index (χ4n) is 4.08. The fraction of sp³-hybridized carbons (Fsp3) is 0.391. The molecule has 0 spiro atoms. The average Bonchev–Trinajstić information content (AvgIpc) is 3.37. The zero-order valence-corrected chi connectivity index (χ0v) is 19.7. The third-order valence-corrected chi connectivity index (χ3v) is 6.66. The number of nitrogens with two attached hydrogens (primary N) is 1. The fourth-order valence-corrected chi connectivity index (χ4v) is 5.09. The molecule has 5 rings (SSSR count). The third-order valence-electron chi connectivity index (χ3n) is 5.51. The van der Waals surface area contributed by atoms with Gasteiger partial charge in [0.15, 0.2) is 11.0 Å². The van der Waals surface area contributed by atoms with Gasteiger partial charge in [-0.25, -0.2) is 9.78 Å². The SMILES string of the molecule is C1CCCC1.Nc1nc(SCCNC(=O)O)nc(-c2c(Cl)cc3c4c(cccc24)COC3)n1. The maximum Gasteiger partial charge on any atom is 0.404 e. The monoisotopic (exact) mass is 487 g/mol. The first-order valence-electron chi connectivity index (χ1n) is 10.9. The van der Waals surface area contributed by atoms with Crippen LogP contribution in [-0.4, -0.2) is 38.4 Å². The van der Waals surface area contributed by atoms with Crippen molar-refractivity contribution in [2.24, 2.45) is 0 Å². The highest BCUT2D eigenvalue weighted by Crippen LogP contribution is 2.39. The summed E-state index contributed by atoms with van der Waals surface area (Å²) in [5, 5.41) is 13.9. The molecule has 0 atom stereocenters. The summed E-state index contributed by atoms with van der Waals surface area (Å²) in [6, 6.07) is 7.85. The van der Waals surface area contributed by atoms with Gasteiger partial charge in [-0.15, -0.1) is 0 Å². The van der Waals surface area contributed by atoms with Crippen molar-refractivity contribution in [3.63, 3.8) is 0 Å². The Kier molecular flexibility index (Phi) is 7.85. The highest BCUT2D eigenvalue weighted by molar-refractivity contribution is 7.99. The molecule has 0 unspecified atom stereocenters. The van der Waals surface area contributed by atoms with Crippen molar-refractivity contribution < 1.29 is 14.6 Å². The number of amides is 1. The first-order valence-corrected chi connectivity index (χ1v) is 12.3. The average molecular weight is 488 g/mol. The van der Waals surface area contributed by atoms with Crippen LogP contribution in [0.5, 0.6) is 0 Å². The maximum atomic E-state index is 10.5. The Hall–Kier alpha value is -2.62. The minimum atomic E-state index is -1.07. The van der Waals surface area contributed by atoms with Crippen LogP contribution in [0.1, 0.15) is 43.2 Å². The number of ether oxygens (including phenoxy) is 1. The van der Waals surface area contributed by atoms with Gasteiger partial charge in [0.25, 0.3) is 0 Å². The smallest absolute Gasteiger partial charge is 0.404 e. The van der Waals surface area contributed by atoms with Gasteiger partial charge in [-0.05, 0) is 28.0 Å². The van der Waals surface area contributed by atoms with E-state index in [1.54, 1.807) is 0 Å². The largest absolute Gasteiger partial charge is 0.465 e. The number of nitrogens with zero attached hydrogens (tertiary/aromatic N) is 3. The normalized spacial score (nSPS) is 14.6. The molecular weight excluding hydrogens is 462 g/mol. The lowest BCUT2D eigenvalue weighted by Crippen LogP contribution is -2.23. The molecule has 1 aliphatic carbocycles. The summed E-state index contributed by atoms with van der Waals surface area (Å²) < 4.78 is 5.63. The summed E-state index contributed by atoms with van der Waals surface area (Å²) in [5.41, 5.74) is 8.71. The number of rotatable bonds is 5. The van der Waals surface area contributed by atoms with E-state index in [-0.39, 0.29) is 12.5 Å². The number of hydrogen-bond donors (Lipinski definition) is 3. The molecule has 1 aromatic heterocycles. The van der Waals surface area contributed by atoms with Crippen molar-refractivity contribution in [3.05, 3.63) is 40.4 Å². The Morgan fingerprint density at radius 1 is 1.12 bits per heavy atom. The first kappa shape index (κ1) is 23.5. The van der Waals surface area contributed by atoms with Crippen LogP contribution in [0.25, 0.3) is 22.2 Å². The highest BCUT2D eigenvalue weighted by atomic mass is 35.5. The molecule has 0 bridgehead atoms. The molecule has 1 fully saturated rings. The molecule has 2 aromatic carbocycles. The summed E-state index contributed by atoms with van der Waals surface area (Å²) in [5.74, 6) is 0.935. The van der Waals surface area contributed by atoms with E-state index in [1.807, 2.05) is 24.3 Å². The van der Waals surface area contributed by atoms with Crippen molar-refractivity contribution >= 4 is 46.2 Å². The molecule has 1 saturated carbocycles. The number of anilines is 1. The van der Waals surface area contributed by atoms with Crippen LogP contribution in [0.15, 0.2) is 29.4 Å². The number of halogens is 1.